The summed E-state index contributed by atoms with van der Waals surface area (Å²) in [6, 6.07) is 6.86. The van der Waals surface area contributed by atoms with Crippen molar-refractivity contribution in [2.75, 3.05) is 0 Å². The van der Waals surface area contributed by atoms with E-state index in [4.69, 9.17) is 5.41 Å². The Bertz CT molecular complexity index is 555. The van der Waals surface area contributed by atoms with E-state index < -0.39 is 11.0 Å². The number of benzene rings is 1. The highest BCUT2D eigenvalue weighted by Crippen LogP contribution is 2.06. The summed E-state index contributed by atoms with van der Waals surface area (Å²) in [5, 5.41) is 16.8. The molecule has 0 amide bonds. The highest BCUT2D eigenvalue weighted by atomic mass is 16.5. The molecule has 1 aromatic carbocycles. The zero-order valence-corrected chi connectivity index (χ0v) is 7.56. The van der Waals surface area contributed by atoms with Crippen molar-refractivity contribution < 1.29 is 5.21 Å². The third-order valence-electron chi connectivity index (χ3n) is 2.19. The second kappa shape index (κ2) is 2.73. The molecule has 5 heteroatoms. The third kappa shape index (κ3) is 0.953. The van der Waals surface area contributed by atoms with Crippen LogP contribution in [0.1, 0.15) is 0 Å². The Morgan fingerprint density at radius 1 is 1.29 bits per heavy atom. The fraction of sp³-hybridized carbons (Fsp3) is 0.111. The molecule has 2 N–H and O–H groups in total. The van der Waals surface area contributed by atoms with E-state index in [1.54, 1.807) is 31.3 Å². The number of aryl methyl sites for hydroxylation is 1. The van der Waals surface area contributed by atoms with E-state index >= 15 is 0 Å². The van der Waals surface area contributed by atoms with Gasteiger partial charge in [0, 0.05) is 7.05 Å². The first-order valence-corrected chi connectivity index (χ1v) is 4.07. The van der Waals surface area contributed by atoms with E-state index in [9.17, 15) is 10.0 Å². The fourth-order valence-corrected chi connectivity index (χ4v) is 1.41. The molecular weight excluding hydrogens is 182 g/mol. The van der Waals surface area contributed by atoms with Crippen LogP contribution in [0.5, 0.6) is 0 Å². The third-order valence-corrected chi connectivity index (χ3v) is 2.19. The Balaban J connectivity index is 3.19. The number of hydrogen-bond donors (Lipinski definition) is 2. The van der Waals surface area contributed by atoms with Crippen LogP contribution in [0.25, 0.3) is 11.0 Å². The fourth-order valence-electron chi connectivity index (χ4n) is 1.41. The Labute approximate surface area is 78.9 Å². The summed E-state index contributed by atoms with van der Waals surface area (Å²) < 4.78 is 1.93. The van der Waals surface area contributed by atoms with Gasteiger partial charge in [-0.1, -0.05) is 12.1 Å². The molecule has 14 heavy (non-hydrogen) atoms. The normalized spacial score (nSPS) is 10.6. The number of rotatable bonds is 0. The molecule has 0 saturated heterocycles. The van der Waals surface area contributed by atoms with Crippen LogP contribution in [0, 0.1) is 5.41 Å². The quantitative estimate of drug-likeness (QED) is 0.578. The molecule has 0 bridgehead atoms. The summed E-state index contributed by atoms with van der Waals surface area (Å²) in [6.45, 7) is 0. The summed E-state index contributed by atoms with van der Waals surface area (Å²) in [5.74, 6) is 0. The molecule has 72 valence electrons. The molecule has 0 spiro atoms. The number of aromatic nitrogens is 2. The lowest BCUT2D eigenvalue weighted by Crippen LogP contribution is -2.39. The van der Waals surface area contributed by atoms with E-state index in [0.29, 0.717) is 15.8 Å². The van der Waals surface area contributed by atoms with Crippen LogP contribution in [-0.2, 0) is 7.05 Å². The van der Waals surface area contributed by atoms with Crippen LogP contribution in [0.15, 0.2) is 29.1 Å². The van der Waals surface area contributed by atoms with Crippen LogP contribution < -0.4 is 11.0 Å². The summed E-state index contributed by atoms with van der Waals surface area (Å²) >= 11 is 0. The minimum absolute atomic E-state index is 0.439. The van der Waals surface area contributed by atoms with Gasteiger partial charge < -0.3 is 9.77 Å². The van der Waals surface area contributed by atoms with Crippen molar-refractivity contribution in [2.45, 2.75) is 0 Å². The van der Waals surface area contributed by atoms with Gasteiger partial charge in [-0.25, -0.2) is 0 Å². The summed E-state index contributed by atoms with van der Waals surface area (Å²) in [4.78, 5) is 11.4. The average Bonchev–Trinajstić information content (AvgIpc) is 2.23. The van der Waals surface area contributed by atoms with E-state index in [1.807, 2.05) is 0 Å². The predicted molar refractivity (Wildman–Crippen MR) is 50.2 cm³/mol. The molecule has 0 aliphatic heterocycles. The van der Waals surface area contributed by atoms with Gasteiger partial charge in [-0.15, -0.1) is 0 Å². The van der Waals surface area contributed by atoms with Gasteiger partial charge in [-0.05, 0) is 12.1 Å². The Hall–Kier alpha value is -2.04. The minimum atomic E-state index is -0.522. The zero-order chi connectivity index (χ0) is 10.3. The number of hydrogen-bond acceptors (Lipinski definition) is 3. The maximum Gasteiger partial charge on any atom is 0.296 e. The van der Waals surface area contributed by atoms with E-state index in [2.05, 4.69) is 0 Å². The molecule has 0 atom stereocenters. The monoisotopic (exact) mass is 191 g/mol. The number of nitrogens with zero attached hydrogens (tertiary/aromatic N) is 2. The van der Waals surface area contributed by atoms with Crippen LogP contribution >= 0.6 is 0 Å². The molecular formula is C9H9N3O2. The van der Waals surface area contributed by atoms with Crippen LogP contribution in [-0.4, -0.2) is 14.5 Å². The topological polar surface area (TPSA) is 71.0 Å². The predicted octanol–water partition coefficient (Wildman–Crippen LogP) is 0.0568. The van der Waals surface area contributed by atoms with Crippen LogP contribution in [0.3, 0.4) is 0 Å². The standard InChI is InChI=1S/C9H9N3O2/c1-11-6-4-2-3-5-7(6)12(14)8(10)9(11)13/h2-5,10,14H,1H3. The molecule has 0 radical (unpaired) electrons. The Kier molecular flexibility index (Phi) is 1.67. The first-order valence-electron chi connectivity index (χ1n) is 4.07. The molecule has 5 nitrogen and oxygen atoms in total. The number of nitrogens with one attached hydrogen (secondary N) is 1. The smallest absolute Gasteiger partial charge is 0.296 e. The average molecular weight is 191 g/mol. The van der Waals surface area contributed by atoms with Gasteiger partial charge in [0.15, 0.2) is 0 Å². The van der Waals surface area contributed by atoms with Gasteiger partial charge in [-0.2, -0.15) is 4.73 Å². The van der Waals surface area contributed by atoms with Crippen molar-refractivity contribution in [3.8, 4) is 0 Å². The van der Waals surface area contributed by atoms with Crippen molar-refractivity contribution >= 4 is 11.0 Å². The van der Waals surface area contributed by atoms with E-state index in [0.717, 1.165) is 0 Å². The van der Waals surface area contributed by atoms with Gasteiger partial charge >= 0.3 is 0 Å². The van der Waals surface area contributed by atoms with Crippen LogP contribution in [0.2, 0.25) is 0 Å². The Morgan fingerprint density at radius 2 is 1.86 bits per heavy atom. The summed E-state index contributed by atoms with van der Waals surface area (Å²) in [5.41, 5.74) is 0.0769. The van der Waals surface area contributed by atoms with Gasteiger partial charge in [-0.3, -0.25) is 10.2 Å². The zero-order valence-electron chi connectivity index (χ0n) is 7.56. The molecule has 0 fully saturated rings. The first-order chi connectivity index (χ1) is 6.63. The lowest BCUT2D eigenvalue weighted by atomic mass is 10.3. The summed E-state index contributed by atoms with van der Waals surface area (Å²) in [6.07, 6.45) is 0. The van der Waals surface area contributed by atoms with Crippen molar-refractivity contribution in [2.24, 2.45) is 7.05 Å². The van der Waals surface area contributed by atoms with E-state index in [-0.39, 0.29) is 0 Å². The molecule has 0 saturated carbocycles. The second-order valence-corrected chi connectivity index (χ2v) is 3.01. The molecule has 0 aliphatic carbocycles. The van der Waals surface area contributed by atoms with Crippen molar-refractivity contribution in [1.82, 2.24) is 9.30 Å². The van der Waals surface area contributed by atoms with Gasteiger partial charge in [0.1, 0.15) is 5.52 Å². The van der Waals surface area contributed by atoms with Gasteiger partial charge in [0.05, 0.1) is 5.52 Å². The highest BCUT2D eigenvalue weighted by molar-refractivity contribution is 5.74. The SMILES string of the molecule is Cn1c(=O)c(=N)n(O)c2ccccc21. The lowest BCUT2D eigenvalue weighted by molar-refractivity contribution is 0.181. The largest absolute Gasteiger partial charge is 0.426 e. The highest BCUT2D eigenvalue weighted by Gasteiger charge is 2.05. The van der Waals surface area contributed by atoms with Gasteiger partial charge in [0.2, 0.25) is 5.49 Å². The van der Waals surface area contributed by atoms with Crippen molar-refractivity contribution in [3.63, 3.8) is 0 Å². The van der Waals surface area contributed by atoms with Crippen molar-refractivity contribution in [3.05, 3.63) is 40.1 Å². The molecule has 1 heterocycles. The molecule has 1 aromatic heterocycles. The molecule has 0 aliphatic rings. The lowest BCUT2D eigenvalue weighted by Gasteiger charge is -2.07. The van der Waals surface area contributed by atoms with E-state index in [1.165, 1.54) is 4.57 Å². The maximum absolute atomic E-state index is 11.4. The number of fused-ring (bicyclic) bond motifs is 1. The van der Waals surface area contributed by atoms with Crippen molar-refractivity contribution in [1.29, 1.82) is 5.41 Å². The maximum atomic E-state index is 11.4. The summed E-state index contributed by atoms with van der Waals surface area (Å²) in [7, 11) is 1.57. The Morgan fingerprint density at radius 3 is 2.50 bits per heavy atom. The second-order valence-electron chi connectivity index (χ2n) is 3.01. The first kappa shape index (κ1) is 8.55. The van der Waals surface area contributed by atoms with Gasteiger partial charge in [0.25, 0.3) is 5.56 Å². The number of para-hydroxylation sites is 2. The molecule has 0 unspecified atom stereocenters. The molecule has 2 rings (SSSR count). The molecule has 2 aromatic rings. The van der Waals surface area contributed by atoms with Crippen LogP contribution in [0.4, 0.5) is 0 Å². The minimum Gasteiger partial charge on any atom is -0.426 e.